The van der Waals surface area contributed by atoms with Crippen LogP contribution in [-0.4, -0.2) is 54.8 Å². The van der Waals surface area contributed by atoms with Crippen molar-refractivity contribution in [1.82, 2.24) is 4.90 Å². The molecule has 0 spiro atoms. The van der Waals surface area contributed by atoms with Crippen LogP contribution in [0.1, 0.15) is 34.7 Å². The highest BCUT2D eigenvalue weighted by molar-refractivity contribution is 5.82. The van der Waals surface area contributed by atoms with Gasteiger partial charge in [0, 0.05) is 24.2 Å². The minimum absolute atomic E-state index is 0.0760. The molecule has 3 aromatic rings. The minimum Gasteiger partial charge on any atom is -0.491 e. The Labute approximate surface area is 218 Å². The van der Waals surface area contributed by atoms with Gasteiger partial charge in [0.05, 0.1) is 31.4 Å². The van der Waals surface area contributed by atoms with Crippen molar-refractivity contribution in [1.29, 1.82) is 5.26 Å². The smallest absolute Gasteiger partial charge is 0.149 e. The predicted octanol–water partition coefficient (Wildman–Crippen LogP) is 4.87. The summed E-state index contributed by atoms with van der Waals surface area (Å²) in [5.74, 6) is 0.772. The van der Waals surface area contributed by atoms with Gasteiger partial charge < -0.3 is 14.6 Å². The number of carbonyl (C=O) groups is 1. The van der Waals surface area contributed by atoms with Crippen LogP contribution < -0.4 is 4.74 Å². The van der Waals surface area contributed by atoms with E-state index in [0.29, 0.717) is 37.6 Å². The first-order chi connectivity index (χ1) is 18.0. The number of rotatable bonds is 9. The quantitative estimate of drug-likeness (QED) is 0.426. The van der Waals surface area contributed by atoms with Gasteiger partial charge in [-0.2, -0.15) is 5.26 Å². The molecule has 1 aliphatic heterocycles. The standard InChI is InChI=1S/C31H32N2O4/c1-22-17-31(37-16-14-34)27(20-33-13-15-36-21-30(33)23(2)35)18-26(22)12-11-25-9-6-10-28(29(25)19-32)24-7-4-3-5-8-24/h3-12,17-18,30,34H,13-16,20-21H2,1-2H3/b12-11+/t30-/m0/s1. The zero-order valence-electron chi connectivity index (χ0n) is 21.3. The van der Waals surface area contributed by atoms with Gasteiger partial charge in [0.25, 0.3) is 0 Å². The van der Waals surface area contributed by atoms with Crippen LogP contribution in [0.3, 0.4) is 0 Å². The number of benzene rings is 3. The van der Waals surface area contributed by atoms with Gasteiger partial charge in [-0.3, -0.25) is 9.69 Å². The van der Waals surface area contributed by atoms with Crippen molar-refractivity contribution in [3.8, 4) is 22.9 Å². The van der Waals surface area contributed by atoms with Crippen molar-refractivity contribution in [3.05, 3.63) is 88.5 Å². The van der Waals surface area contributed by atoms with Gasteiger partial charge in [0.2, 0.25) is 0 Å². The molecule has 6 nitrogen and oxygen atoms in total. The van der Waals surface area contributed by atoms with Crippen LogP contribution in [0, 0.1) is 18.3 Å². The lowest BCUT2D eigenvalue weighted by molar-refractivity contribution is -0.128. The average Bonchev–Trinajstić information content (AvgIpc) is 2.92. The summed E-state index contributed by atoms with van der Waals surface area (Å²) >= 11 is 0. The molecule has 0 saturated carbocycles. The average molecular weight is 497 g/mol. The van der Waals surface area contributed by atoms with Crippen LogP contribution in [0.25, 0.3) is 23.3 Å². The van der Waals surface area contributed by atoms with E-state index in [1.165, 1.54) is 0 Å². The molecule has 190 valence electrons. The molecule has 0 aromatic heterocycles. The Morgan fingerprint density at radius 1 is 1.16 bits per heavy atom. The second-order valence-electron chi connectivity index (χ2n) is 9.14. The van der Waals surface area contributed by atoms with Gasteiger partial charge in [-0.1, -0.05) is 60.7 Å². The molecule has 37 heavy (non-hydrogen) atoms. The van der Waals surface area contributed by atoms with E-state index in [2.05, 4.69) is 17.0 Å². The first kappa shape index (κ1) is 26.3. The number of hydrogen-bond acceptors (Lipinski definition) is 6. The molecule has 0 bridgehead atoms. The van der Waals surface area contributed by atoms with Crippen molar-refractivity contribution in [2.75, 3.05) is 33.0 Å². The Hall–Kier alpha value is -3.76. The number of nitriles is 1. The maximum absolute atomic E-state index is 12.2. The number of nitrogens with zero attached hydrogens (tertiary/aromatic N) is 2. The van der Waals surface area contributed by atoms with Crippen LogP contribution in [0.5, 0.6) is 5.75 Å². The number of morpholine rings is 1. The van der Waals surface area contributed by atoms with Crippen molar-refractivity contribution in [2.24, 2.45) is 0 Å². The topological polar surface area (TPSA) is 82.8 Å². The van der Waals surface area contributed by atoms with E-state index >= 15 is 0 Å². The Morgan fingerprint density at radius 2 is 1.95 bits per heavy atom. The third-order valence-corrected chi connectivity index (χ3v) is 6.62. The van der Waals surface area contributed by atoms with Crippen molar-refractivity contribution in [2.45, 2.75) is 26.4 Å². The zero-order valence-corrected chi connectivity index (χ0v) is 21.3. The highest BCUT2D eigenvalue weighted by Crippen LogP contribution is 2.30. The number of aliphatic hydroxyl groups is 1. The van der Waals surface area contributed by atoms with Gasteiger partial charge >= 0.3 is 0 Å². The molecule has 0 aliphatic carbocycles. The van der Waals surface area contributed by atoms with Crippen molar-refractivity contribution < 1.29 is 19.4 Å². The second-order valence-corrected chi connectivity index (χ2v) is 9.14. The third-order valence-electron chi connectivity index (χ3n) is 6.62. The lowest BCUT2D eigenvalue weighted by Crippen LogP contribution is -2.48. The van der Waals surface area contributed by atoms with Crippen LogP contribution in [0.15, 0.2) is 60.7 Å². The second kappa shape index (κ2) is 12.5. The van der Waals surface area contributed by atoms with Crippen LogP contribution >= 0.6 is 0 Å². The SMILES string of the molecule is CC(=O)[C@@H]1COCCN1Cc1cc(/C=C/c2cccc(-c3ccccc3)c2C#N)c(C)cc1OCCO. The Balaban J connectivity index is 1.68. The summed E-state index contributed by atoms with van der Waals surface area (Å²) in [7, 11) is 0. The molecule has 1 atom stereocenters. The summed E-state index contributed by atoms with van der Waals surface area (Å²) in [5.41, 5.74) is 6.31. The van der Waals surface area contributed by atoms with Crippen LogP contribution in [0.4, 0.5) is 0 Å². The molecule has 1 fully saturated rings. The van der Waals surface area contributed by atoms with Crippen LogP contribution in [0.2, 0.25) is 0 Å². The largest absolute Gasteiger partial charge is 0.491 e. The molecular weight excluding hydrogens is 464 g/mol. The monoisotopic (exact) mass is 496 g/mol. The molecule has 0 amide bonds. The number of carbonyl (C=O) groups excluding carboxylic acids is 1. The fourth-order valence-corrected chi connectivity index (χ4v) is 4.63. The van der Waals surface area contributed by atoms with E-state index in [1.807, 2.05) is 73.7 Å². The molecule has 6 heteroatoms. The number of ether oxygens (including phenoxy) is 2. The minimum atomic E-state index is -0.293. The van der Waals surface area contributed by atoms with E-state index in [4.69, 9.17) is 9.47 Å². The van der Waals surface area contributed by atoms with Crippen LogP contribution in [-0.2, 0) is 16.1 Å². The van der Waals surface area contributed by atoms with Gasteiger partial charge in [-0.05, 0) is 48.2 Å². The number of Topliss-reactive ketones (excluding diaryl/α,β-unsaturated/α-hetero) is 1. The first-order valence-corrected chi connectivity index (χ1v) is 12.5. The zero-order chi connectivity index (χ0) is 26.2. The maximum Gasteiger partial charge on any atom is 0.149 e. The van der Waals surface area contributed by atoms with Gasteiger partial charge in [-0.25, -0.2) is 0 Å². The number of hydrogen-bond donors (Lipinski definition) is 1. The van der Waals surface area contributed by atoms with Crippen molar-refractivity contribution in [3.63, 3.8) is 0 Å². The lowest BCUT2D eigenvalue weighted by atomic mass is 9.95. The highest BCUT2D eigenvalue weighted by atomic mass is 16.5. The summed E-state index contributed by atoms with van der Waals surface area (Å²) in [6, 6.07) is 21.9. The molecular formula is C31H32N2O4. The molecule has 3 aromatic carbocycles. The molecule has 0 unspecified atom stereocenters. The van der Waals surface area contributed by atoms with Crippen molar-refractivity contribution >= 4 is 17.9 Å². The molecule has 4 rings (SSSR count). The van der Waals surface area contributed by atoms with E-state index in [-0.39, 0.29) is 25.0 Å². The van der Waals surface area contributed by atoms with Gasteiger partial charge in [0.15, 0.2) is 0 Å². The predicted molar refractivity (Wildman–Crippen MR) is 145 cm³/mol. The molecule has 1 saturated heterocycles. The van der Waals surface area contributed by atoms with E-state index in [9.17, 15) is 15.2 Å². The normalized spacial score (nSPS) is 16.0. The van der Waals surface area contributed by atoms with Gasteiger partial charge in [0.1, 0.15) is 24.2 Å². The Bertz CT molecular complexity index is 1310. The highest BCUT2D eigenvalue weighted by Gasteiger charge is 2.27. The summed E-state index contributed by atoms with van der Waals surface area (Å²) < 4.78 is 11.4. The van der Waals surface area contributed by atoms with E-state index < -0.39 is 0 Å². The summed E-state index contributed by atoms with van der Waals surface area (Å²) in [6.45, 7) is 5.85. The Morgan fingerprint density at radius 3 is 2.68 bits per heavy atom. The Kier molecular flexibility index (Phi) is 8.86. The first-order valence-electron chi connectivity index (χ1n) is 12.5. The lowest BCUT2D eigenvalue weighted by Gasteiger charge is -2.34. The fourth-order valence-electron chi connectivity index (χ4n) is 4.63. The summed E-state index contributed by atoms with van der Waals surface area (Å²) in [6.07, 6.45) is 3.99. The third kappa shape index (κ3) is 6.33. The fraction of sp³-hybridized carbons (Fsp3) is 0.290. The number of aliphatic hydroxyl groups excluding tert-OH is 1. The van der Waals surface area contributed by atoms with E-state index in [1.54, 1.807) is 6.92 Å². The summed E-state index contributed by atoms with van der Waals surface area (Å²) in [5, 5.41) is 19.3. The van der Waals surface area contributed by atoms with E-state index in [0.717, 1.165) is 33.4 Å². The number of ketones is 1. The molecule has 0 radical (unpaired) electrons. The summed E-state index contributed by atoms with van der Waals surface area (Å²) in [4.78, 5) is 14.3. The maximum atomic E-state index is 12.2. The molecule has 1 heterocycles. The number of aryl methyl sites for hydroxylation is 1. The molecule has 1 aliphatic rings. The molecule has 1 N–H and O–H groups in total. The van der Waals surface area contributed by atoms with Gasteiger partial charge in [-0.15, -0.1) is 0 Å².